The molecule has 4 heterocycles. The number of alkyl halides is 4. The van der Waals surface area contributed by atoms with Gasteiger partial charge in [-0.05, 0) is 18.2 Å². The number of halogens is 7. The second-order valence-electron chi connectivity index (χ2n) is 8.36. The second-order valence-corrected chi connectivity index (χ2v) is 9.16. The Labute approximate surface area is 236 Å². The minimum atomic E-state index is -3.07. The highest BCUT2D eigenvalue weighted by Gasteiger charge is 2.27. The fraction of sp³-hybridized carbons (Fsp3) is 0.217. The summed E-state index contributed by atoms with van der Waals surface area (Å²) in [5, 5.41) is 28.2. The molecule has 0 unspecified atom stereocenters. The highest BCUT2D eigenvalue weighted by Crippen LogP contribution is 2.34. The van der Waals surface area contributed by atoms with E-state index in [1.54, 1.807) is 0 Å². The van der Waals surface area contributed by atoms with E-state index in [9.17, 15) is 22.8 Å². The van der Waals surface area contributed by atoms with Crippen molar-refractivity contribution in [3.05, 3.63) is 82.3 Å². The molecule has 11 nitrogen and oxygen atoms in total. The van der Waals surface area contributed by atoms with Crippen LogP contribution in [0.25, 0.3) is 28.2 Å². The first-order valence-corrected chi connectivity index (χ1v) is 12.3. The highest BCUT2D eigenvalue weighted by molar-refractivity contribution is 6.31. The lowest BCUT2D eigenvalue weighted by molar-refractivity contribution is -0.615. The Balaban J connectivity index is 1.55. The van der Waals surface area contributed by atoms with E-state index in [4.69, 9.17) is 23.2 Å². The average molecular weight is 616 g/mol. The van der Waals surface area contributed by atoms with E-state index >= 15 is 4.39 Å². The third-order valence-corrected chi connectivity index (χ3v) is 6.40. The number of aromatic nitrogens is 9. The predicted molar refractivity (Wildman–Crippen MR) is 133 cm³/mol. The lowest BCUT2D eigenvalue weighted by atomic mass is 10.0. The molecule has 1 atom stereocenters. The summed E-state index contributed by atoms with van der Waals surface area (Å²) in [5.74, 6) is -1.04. The fourth-order valence-electron chi connectivity index (χ4n) is 4.17. The summed E-state index contributed by atoms with van der Waals surface area (Å²) in [5.41, 5.74) is 0.332. The van der Waals surface area contributed by atoms with Crippen LogP contribution in [0, 0.1) is 11.0 Å². The zero-order valence-corrected chi connectivity index (χ0v) is 21.8. The Morgan fingerprint density at radius 2 is 1.83 bits per heavy atom. The SMILES string of the molecule is [O-][n+]1cc(-c2c(-n3cc(Cl)nn3)ccc(Cl)c2F)ccc1[C@H](CCOC(F)F)n1cc(-c2ncnn2C(F)F)cn1. The van der Waals surface area contributed by atoms with Gasteiger partial charge in [0.05, 0.1) is 46.4 Å². The van der Waals surface area contributed by atoms with Gasteiger partial charge in [0.1, 0.15) is 12.4 Å². The first-order chi connectivity index (χ1) is 19.6. The molecule has 5 rings (SSSR count). The van der Waals surface area contributed by atoms with Crippen LogP contribution < -0.4 is 4.73 Å². The minimum Gasteiger partial charge on any atom is -0.618 e. The van der Waals surface area contributed by atoms with Gasteiger partial charge in [-0.3, -0.25) is 4.68 Å². The maximum Gasteiger partial charge on any atom is 0.345 e. The van der Waals surface area contributed by atoms with Crippen LogP contribution in [0.4, 0.5) is 22.0 Å². The van der Waals surface area contributed by atoms with Crippen molar-refractivity contribution in [1.82, 2.24) is 39.5 Å². The number of ether oxygens (including phenoxy) is 1. The molecule has 0 bridgehead atoms. The van der Waals surface area contributed by atoms with Crippen molar-refractivity contribution in [3.8, 4) is 28.2 Å². The van der Waals surface area contributed by atoms with Crippen molar-refractivity contribution < 1.29 is 31.4 Å². The highest BCUT2D eigenvalue weighted by atomic mass is 35.5. The van der Waals surface area contributed by atoms with E-state index in [2.05, 4.69) is 30.2 Å². The Morgan fingerprint density at radius 1 is 1.02 bits per heavy atom. The van der Waals surface area contributed by atoms with Gasteiger partial charge in [-0.15, -0.1) is 5.10 Å². The zero-order chi connectivity index (χ0) is 29.3. The molecule has 0 amide bonds. The van der Waals surface area contributed by atoms with Crippen LogP contribution in [-0.2, 0) is 4.74 Å². The van der Waals surface area contributed by atoms with E-state index in [-0.39, 0.29) is 50.5 Å². The molecule has 0 N–H and O–H groups in total. The van der Waals surface area contributed by atoms with Gasteiger partial charge in [0, 0.05) is 18.7 Å². The number of hydrogen-bond acceptors (Lipinski definition) is 7. The summed E-state index contributed by atoms with van der Waals surface area (Å²) in [6.07, 6.45) is 5.69. The molecular formula is C23H16Cl2F5N9O2. The first kappa shape index (κ1) is 28.4. The second kappa shape index (κ2) is 11.8. The standard InChI is InChI=1S/C23H16Cl2F5N9O2/c24-14-2-4-17(37-10-18(25)34-35-37)19(20(14)26)12-1-3-16(38(40)9-12)15(5-6-41-23(29)30)36-8-13(7-32-36)21-31-11-33-39(21)22(27)28/h1-4,7-11,15,22-23H,5-6H2/t15-/m0/s1. The molecule has 0 saturated heterocycles. The molecule has 0 radical (unpaired) electrons. The van der Waals surface area contributed by atoms with Gasteiger partial charge in [0.25, 0.3) is 0 Å². The van der Waals surface area contributed by atoms with Crippen molar-refractivity contribution in [2.24, 2.45) is 0 Å². The summed E-state index contributed by atoms with van der Waals surface area (Å²) in [6, 6.07) is 4.52. The van der Waals surface area contributed by atoms with Crippen LogP contribution in [0.5, 0.6) is 0 Å². The summed E-state index contributed by atoms with van der Waals surface area (Å²) >= 11 is 11.9. The van der Waals surface area contributed by atoms with Crippen LogP contribution in [0.15, 0.2) is 55.4 Å². The number of pyridine rings is 1. The zero-order valence-electron chi connectivity index (χ0n) is 20.3. The summed E-state index contributed by atoms with van der Waals surface area (Å²) in [4.78, 5) is 3.81. The Hall–Kier alpha value is -4.15. The van der Waals surface area contributed by atoms with Crippen LogP contribution in [0.1, 0.15) is 24.7 Å². The molecule has 41 heavy (non-hydrogen) atoms. The molecule has 0 saturated carbocycles. The maximum absolute atomic E-state index is 15.3. The van der Waals surface area contributed by atoms with Gasteiger partial charge in [-0.2, -0.15) is 37.2 Å². The summed E-state index contributed by atoms with van der Waals surface area (Å²) in [6.45, 7) is -6.52. The Kier molecular flexibility index (Phi) is 8.14. The lowest BCUT2D eigenvalue weighted by Crippen LogP contribution is -2.36. The van der Waals surface area contributed by atoms with E-state index < -0.39 is 31.6 Å². The van der Waals surface area contributed by atoms with Gasteiger partial charge in [-0.1, -0.05) is 28.4 Å². The maximum atomic E-state index is 15.3. The lowest BCUT2D eigenvalue weighted by Gasteiger charge is -2.18. The topological polar surface area (TPSA) is 115 Å². The fourth-order valence-corrected chi connectivity index (χ4v) is 4.46. The number of rotatable bonds is 10. The van der Waals surface area contributed by atoms with Gasteiger partial charge in [0.15, 0.2) is 23.0 Å². The molecule has 0 spiro atoms. The van der Waals surface area contributed by atoms with Crippen molar-refractivity contribution in [2.45, 2.75) is 25.6 Å². The molecule has 18 heteroatoms. The number of benzene rings is 1. The molecule has 0 fully saturated rings. The first-order valence-electron chi connectivity index (χ1n) is 11.6. The van der Waals surface area contributed by atoms with Gasteiger partial charge >= 0.3 is 13.2 Å². The number of nitrogens with zero attached hydrogens (tertiary/aromatic N) is 9. The van der Waals surface area contributed by atoms with Crippen LogP contribution >= 0.6 is 23.2 Å². The molecule has 1 aromatic carbocycles. The van der Waals surface area contributed by atoms with E-state index in [0.717, 1.165) is 12.5 Å². The molecule has 0 aliphatic carbocycles. The molecule has 5 aromatic rings. The average Bonchev–Trinajstić information content (AvgIpc) is 3.69. The largest absolute Gasteiger partial charge is 0.618 e. The van der Waals surface area contributed by atoms with Crippen molar-refractivity contribution in [2.75, 3.05) is 6.61 Å². The van der Waals surface area contributed by atoms with Crippen LogP contribution in [-0.4, -0.2) is 52.8 Å². The molecular weight excluding hydrogens is 600 g/mol. The quantitative estimate of drug-likeness (QED) is 0.122. The monoisotopic (exact) mass is 615 g/mol. The third kappa shape index (κ3) is 5.84. The molecule has 0 aliphatic heterocycles. The number of hydrogen-bond donors (Lipinski definition) is 0. The summed E-state index contributed by atoms with van der Waals surface area (Å²) in [7, 11) is 0. The van der Waals surface area contributed by atoms with Crippen molar-refractivity contribution in [3.63, 3.8) is 0 Å². The van der Waals surface area contributed by atoms with Crippen LogP contribution in [0.2, 0.25) is 10.2 Å². The van der Waals surface area contributed by atoms with Crippen molar-refractivity contribution in [1.29, 1.82) is 0 Å². The molecule has 0 aliphatic rings. The van der Waals surface area contributed by atoms with Crippen LogP contribution in [0.3, 0.4) is 0 Å². The Morgan fingerprint density at radius 3 is 2.51 bits per heavy atom. The van der Waals surface area contributed by atoms with Gasteiger partial charge in [-0.25, -0.2) is 14.1 Å². The Bertz CT molecular complexity index is 1680. The third-order valence-electron chi connectivity index (χ3n) is 5.93. The van der Waals surface area contributed by atoms with E-state index in [1.165, 1.54) is 52.2 Å². The van der Waals surface area contributed by atoms with Crippen molar-refractivity contribution >= 4 is 23.2 Å². The molecule has 4 aromatic heterocycles. The predicted octanol–water partition coefficient (Wildman–Crippen LogP) is 5.08. The normalized spacial score (nSPS) is 12.5. The summed E-state index contributed by atoms with van der Waals surface area (Å²) < 4.78 is 74.8. The van der Waals surface area contributed by atoms with E-state index in [0.29, 0.717) is 9.41 Å². The van der Waals surface area contributed by atoms with E-state index in [1.807, 2.05) is 0 Å². The molecule has 214 valence electrons. The smallest absolute Gasteiger partial charge is 0.345 e. The van der Waals surface area contributed by atoms with Gasteiger partial charge < -0.3 is 9.94 Å². The minimum absolute atomic E-state index is 0.00405. The van der Waals surface area contributed by atoms with Gasteiger partial charge in [0.2, 0.25) is 5.69 Å².